The molecule has 1 aromatic heterocycles. The van der Waals surface area contributed by atoms with Crippen molar-refractivity contribution < 1.29 is 4.79 Å². The van der Waals surface area contributed by atoms with Gasteiger partial charge < -0.3 is 4.57 Å². The zero-order chi connectivity index (χ0) is 21.6. The van der Waals surface area contributed by atoms with Crippen LogP contribution in [0.4, 0.5) is 0 Å². The van der Waals surface area contributed by atoms with Crippen molar-refractivity contribution in [1.82, 2.24) is 9.58 Å². The lowest BCUT2D eigenvalue weighted by molar-refractivity contribution is -0.114. The Hall–Kier alpha value is -2.35. The van der Waals surface area contributed by atoms with Gasteiger partial charge in [0.15, 0.2) is 5.84 Å². The maximum absolute atomic E-state index is 12.7. The van der Waals surface area contributed by atoms with Crippen LogP contribution >= 0.6 is 35.0 Å². The van der Waals surface area contributed by atoms with Crippen molar-refractivity contribution in [2.75, 3.05) is 0 Å². The molecule has 2 aliphatic rings. The number of rotatable bonds is 4. The van der Waals surface area contributed by atoms with Gasteiger partial charge in [-0.2, -0.15) is 15.1 Å². The smallest absolute Gasteiger partial charge is 0.283 e. The number of carbonyl (C=O) groups excluding carboxylic acids is 1. The number of halogens is 2. The molecule has 0 atom stereocenters. The zero-order valence-electron chi connectivity index (χ0n) is 16.7. The Morgan fingerprint density at radius 3 is 2.70 bits per heavy atom. The molecule has 0 fully saturated rings. The summed E-state index contributed by atoms with van der Waals surface area (Å²) in [7, 11) is 0. The summed E-state index contributed by atoms with van der Waals surface area (Å²) >= 11 is 13.8. The van der Waals surface area contributed by atoms with Gasteiger partial charge in [-0.25, -0.2) is 0 Å². The first-order valence-electron chi connectivity index (χ1n) is 9.43. The molecule has 6 nitrogen and oxygen atoms in total. The second kappa shape index (κ2) is 8.06. The van der Waals surface area contributed by atoms with Gasteiger partial charge in [-0.15, -0.1) is 0 Å². The molecule has 2 aliphatic heterocycles. The minimum atomic E-state index is -0.430. The fourth-order valence-corrected chi connectivity index (χ4v) is 4.95. The first kappa shape index (κ1) is 20.9. The van der Waals surface area contributed by atoms with Crippen molar-refractivity contribution in [2.24, 2.45) is 10.1 Å². The molecule has 0 aliphatic carbocycles. The average Bonchev–Trinajstić information content (AvgIpc) is 3.20. The fraction of sp³-hybridized carbons (Fsp3) is 0.238. The third-order valence-electron chi connectivity index (χ3n) is 4.88. The van der Waals surface area contributed by atoms with Crippen LogP contribution in [-0.2, 0) is 4.79 Å². The van der Waals surface area contributed by atoms with Gasteiger partial charge in [0.2, 0.25) is 5.17 Å². The van der Waals surface area contributed by atoms with E-state index in [2.05, 4.69) is 17.0 Å². The number of nitrogens with zero attached hydrogens (tertiary/aromatic N) is 4. The normalized spacial score (nSPS) is 17.5. The maximum atomic E-state index is 12.7. The molecule has 2 aromatic rings. The summed E-state index contributed by atoms with van der Waals surface area (Å²) in [4.78, 5) is 16.8. The quantitative estimate of drug-likeness (QED) is 0.585. The Labute approximate surface area is 188 Å². The lowest BCUT2D eigenvalue weighted by Gasteiger charge is -2.20. The Morgan fingerprint density at radius 2 is 2.00 bits per heavy atom. The predicted molar refractivity (Wildman–Crippen MR) is 125 cm³/mol. The average molecular weight is 460 g/mol. The number of aryl methyl sites for hydroxylation is 1. The number of aromatic nitrogens is 1. The first-order valence-corrected chi connectivity index (χ1v) is 11.0. The van der Waals surface area contributed by atoms with Gasteiger partial charge in [0.05, 0.1) is 16.3 Å². The van der Waals surface area contributed by atoms with Crippen LogP contribution in [0, 0.1) is 19.3 Å². The van der Waals surface area contributed by atoms with Gasteiger partial charge in [-0.3, -0.25) is 10.2 Å². The molecule has 9 heteroatoms. The second-order valence-electron chi connectivity index (χ2n) is 7.02. The van der Waals surface area contributed by atoms with Gasteiger partial charge in [-0.1, -0.05) is 30.1 Å². The van der Waals surface area contributed by atoms with Crippen molar-refractivity contribution >= 4 is 63.0 Å². The lowest BCUT2D eigenvalue weighted by atomic mass is 10.1. The highest BCUT2D eigenvalue weighted by atomic mass is 35.5. The summed E-state index contributed by atoms with van der Waals surface area (Å²) in [6.45, 7) is 5.97. The largest absolute Gasteiger partial charge is 0.316 e. The summed E-state index contributed by atoms with van der Waals surface area (Å²) in [6, 6.07) is 7.30. The van der Waals surface area contributed by atoms with Crippen LogP contribution in [0.2, 0.25) is 10.0 Å². The SMILES string of the molecule is CCCC1=NN2C(=N)C(=Cc3cc(C)n(-c4ccc(Cl)cc4Cl)c3C)C(=O)N=C2S1. The van der Waals surface area contributed by atoms with E-state index < -0.39 is 5.91 Å². The molecule has 154 valence electrons. The molecule has 0 saturated carbocycles. The molecule has 4 rings (SSSR count). The summed E-state index contributed by atoms with van der Waals surface area (Å²) < 4.78 is 2.00. The van der Waals surface area contributed by atoms with Crippen LogP contribution in [0.3, 0.4) is 0 Å². The van der Waals surface area contributed by atoms with Crippen LogP contribution in [0.15, 0.2) is 39.9 Å². The lowest BCUT2D eigenvalue weighted by Crippen LogP contribution is -2.35. The number of hydrazone groups is 1. The summed E-state index contributed by atoms with van der Waals surface area (Å²) in [5.74, 6) is -0.390. The van der Waals surface area contributed by atoms with Crippen LogP contribution in [-0.4, -0.2) is 31.5 Å². The van der Waals surface area contributed by atoms with E-state index >= 15 is 0 Å². The standard InChI is InChI=1S/C21H19Cl2N5OS/c1-4-5-18-26-28-19(24)15(20(29)25-21(28)30-18)9-13-8-11(2)27(12(13)3)17-7-6-14(22)10-16(17)23/h6-10,24H,4-5H2,1-3H3. The number of thioether (sulfide) groups is 1. The van der Waals surface area contributed by atoms with Crippen LogP contribution < -0.4 is 0 Å². The van der Waals surface area contributed by atoms with Crippen molar-refractivity contribution in [3.8, 4) is 5.69 Å². The van der Waals surface area contributed by atoms with Gasteiger partial charge >= 0.3 is 0 Å². The first-order chi connectivity index (χ1) is 14.3. The molecular formula is C21H19Cl2N5OS. The Balaban J connectivity index is 1.74. The van der Waals surface area contributed by atoms with Gasteiger partial charge in [-0.05, 0) is 74.4 Å². The molecule has 0 unspecified atom stereocenters. The zero-order valence-corrected chi connectivity index (χ0v) is 19.0. The molecule has 1 amide bonds. The van der Waals surface area contributed by atoms with Crippen LogP contribution in [0.5, 0.6) is 0 Å². The van der Waals surface area contributed by atoms with E-state index in [1.807, 2.05) is 30.5 Å². The molecule has 30 heavy (non-hydrogen) atoms. The molecule has 0 saturated heterocycles. The van der Waals surface area contributed by atoms with E-state index in [0.29, 0.717) is 15.2 Å². The predicted octanol–water partition coefficient (Wildman–Crippen LogP) is 5.82. The summed E-state index contributed by atoms with van der Waals surface area (Å²) in [5.41, 5.74) is 3.67. The fourth-order valence-electron chi connectivity index (χ4n) is 3.47. The third kappa shape index (κ3) is 3.62. The van der Waals surface area contributed by atoms with E-state index in [4.69, 9.17) is 28.6 Å². The third-order valence-corrected chi connectivity index (χ3v) is 6.39. The van der Waals surface area contributed by atoms with Gasteiger partial charge in [0.25, 0.3) is 5.91 Å². The van der Waals surface area contributed by atoms with Crippen molar-refractivity contribution in [2.45, 2.75) is 33.6 Å². The molecule has 0 bridgehead atoms. The number of amidine groups is 2. The Morgan fingerprint density at radius 1 is 1.23 bits per heavy atom. The minimum Gasteiger partial charge on any atom is -0.316 e. The Kier molecular flexibility index (Phi) is 5.61. The molecule has 1 N–H and O–H groups in total. The van der Waals surface area contributed by atoms with E-state index in [0.717, 1.165) is 40.5 Å². The van der Waals surface area contributed by atoms with Crippen molar-refractivity contribution in [3.05, 3.63) is 56.8 Å². The number of nitrogens with one attached hydrogen (secondary N) is 1. The topological polar surface area (TPSA) is 73.8 Å². The van der Waals surface area contributed by atoms with Gasteiger partial charge in [0.1, 0.15) is 5.04 Å². The van der Waals surface area contributed by atoms with Crippen LogP contribution in [0.25, 0.3) is 11.8 Å². The van der Waals surface area contributed by atoms with Crippen LogP contribution in [0.1, 0.15) is 36.7 Å². The minimum absolute atomic E-state index is 0.0398. The number of hydrogen-bond donors (Lipinski definition) is 1. The van der Waals surface area contributed by atoms with E-state index in [1.54, 1.807) is 18.2 Å². The highest BCUT2D eigenvalue weighted by Gasteiger charge is 2.35. The molecule has 0 radical (unpaired) electrons. The van der Waals surface area contributed by atoms with Gasteiger partial charge in [0, 0.05) is 16.4 Å². The highest BCUT2D eigenvalue weighted by Crippen LogP contribution is 2.32. The Bertz CT molecular complexity index is 1180. The summed E-state index contributed by atoms with van der Waals surface area (Å²) in [6.07, 6.45) is 3.44. The van der Waals surface area contributed by atoms with Crippen molar-refractivity contribution in [3.63, 3.8) is 0 Å². The highest BCUT2D eigenvalue weighted by molar-refractivity contribution is 8.26. The monoisotopic (exact) mass is 459 g/mol. The molecule has 1 aromatic carbocycles. The summed E-state index contributed by atoms with van der Waals surface area (Å²) in [5, 5.41) is 16.8. The molecule has 0 spiro atoms. The second-order valence-corrected chi connectivity index (χ2v) is 8.91. The molecular weight excluding hydrogens is 441 g/mol. The van der Waals surface area contributed by atoms with Crippen molar-refractivity contribution in [1.29, 1.82) is 5.41 Å². The number of aliphatic imine (C=N–C) groups is 1. The number of benzene rings is 1. The number of amides is 1. The number of fused-ring (bicyclic) bond motifs is 1. The number of hydrogen-bond acceptors (Lipinski definition) is 4. The number of carbonyl (C=O) groups is 1. The van der Waals surface area contributed by atoms with E-state index in [-0.39, 0.29) is 11.4 Å². The molecule has 3 heterocycles. The van der Waals surface area contributed by atoms with E-state index in [1.165, 1.54) is 16.8 Å². The maximum Gasteiger partial charge on any atom is 0.283 e. The van der Waals surface area contributed by atoms with E-state index in [9.17, 15) is 4.79 Å².